The molecule has 1 aliphatic rings. The monoisotopic (exact) mass is 289 g/mol. The van der Waals surface area contributed by atoms with E-state index in [1.807, 2.05) is 18.2 Å². The molecular formula is C18H27NO2. The van der Waals surface area contributed by atoms with E-state index < -0.39 is 5.97 Å². The van der Waals surface area contributed by atoms with Crippen molar-refractivity contribution in [2.45, 2.75) is 64.5 Å². The van der Waals surface area contributed by atoms with E-state index in [2.05, 4.69) is 31.3 Å². The summed E-state index contributed by atoms with van der Waals surface area (Å²) in [5, 5.41) is 12.7. The highest BCUT2D eigenvalue weighted by molar-refractivity contribution is 5.66. The molecule has 0 amide bonds. The van der Waals surface area contributed by atoms with Gasteiger partial charge in [-0.25, -0.2) is 0 Å². The molecule has 0 spiro atoms. The van der Waals surface area contributed by atoms with Gasteiger partial charge in [-0.1, -0.05) is 44.2 Å². The SMILES string of the molecule is CC1(C)CCC(NC(CCC(=O)O)Cc2ccccc2)C1. The smallest absolute Gasteiger partial charge is 0.303 e. The third kappa shape index (κ3) is 5.50. The van der Waals surface area contributed by atoms with Crippen LogP contribution in [0.5, 0.6) is 0 Å². The van der Waals surface area contributed by atoms with Gasteiger partial charge in [0.15, 0.2) is 0 Å². The summed E-state index contributed by atoms with van der Waals surface area (Å²) < 4.78 is 0. The van der Waals surface area contributed by atoms with Crippen molar-refractivity contribution < 1.29 is 9.90 Å². The van der Waals surface area contributed by atoms with Crippen LogP contribution in [0.1, 0.15) is 51.5 Å². The molecule has 3 nitrogen and oxygen atoms in total. The Morgan fingerprint density at radius 3 is 2.67 bits per heavy atom. The Kier molecular flexibility index (Phi) is 5.40. The number of carboxylic acids is 1. The summed E-state index contributed by atoms with van der Waals surface area (Å²) in [5.41, 5.74) is 1.69. The summed E-state index contributed by atoms with van der Waals surface area (Å²) in [5.74, 6) is -0.707. The second-order valence-corrected chi connectivity index (χ2v) is 7.09. The quantitative estimate of drug-likeness (QED) is 0.806. The van der Waals surface area contributed by atoms with Gasteiger partial charge in [-0.3, -0.25) is 4.79 Å². The first-order valence-electron chi connectivity index (χ1n) is 7.96. The van der Waals surface area contributed by atoms with Crippen molar-refractivity contribution in [3.8, 4) is 0 Å². The van der Waals surface area contributed by atoms with Gasteiger partial charge in [0.05, 0.1) is 0 Å². The summed E-state index contributed by atoms with van der Waals surface area (Å²) in [6, 6.07) is 11.1. The van der Waals surface area contributed by atoms with E-state index in [9.17, 15) is 4.79 Å². The molecule has 0 radical (unpaired) electrons. The van der Waals surface area contributed by atoms with E-state index in [0.717, 1.165) is 6.42 Å². The normalized spacial score (nSPS) is 22.1. The molecule has 0 bridgehead atoms. The van der Waals surface area contributed by atoms with Gasteiger partial charge in [0.2, 0.25) is 0 Å². The molecule has 1 aromatic carbocycles. The standard InChI is InChI=1S/C18H27NO2/c1-18(2)11-10-16(13-18)19-15(8-9-17(20)21)12-14-6-4-3-5-7-14/h3-7,15-16,19H,8-13H2,1-2H3,(H,20,21). The topological polar surface area (TPSA) is 49.3 Å². The Labute approximate surface area is 127 Å². The van der Waals surface area contributed by atoms with E-state index in [1.165, 1.54) is 24.8 Å². The maximum atomic E-state index is 10.9. The molecule has 1 aliphatic carbocycles. The minimum atomic E-state index is -0.707. The van der Waals surface area contributed by atoms with Gasteiger partial charge >= 0.3 is 5.97 Å². The van der Waals surface area contributed by atoms with Crippen molar-refractivity contribution in [1.82, 2.24) is 5.32 Å². The van der Waals surface area contributed by atoms with Gasteiger partial charge in [-0.15, -0.1) is 0 Å². The Morgan fingerprint density at radius 1 is 1.38 bits per heavy atom. The predicted molar refractivity (Wildman–Crippen MR) is 85.4 cm³/mol. The summed E-state index contributed by atoms with van der Waals surface area (Å²) in [6.45, 7) is 4.64. The molecule has 2 unspecified atom stereocenters. The van der Waals surface area contributed by atoms with Crippen LogP contribution in [0.4, 0.5) is 0 Å². The average molecular weight is 289 g/mol. The van der Waals surface area contributed by atoms with Gasteiger partial charge in [-0.05, 0) is 43.1 Å². The summed E-state index contributed by atoms with van der Waals surface area (Å²) in [6.07, 6.45) is 5.48. The Balaban J connectivity index is 1.93. The van der Waals surface area contributed by atoms with E-state index in [0.29, 0.717) is 17.9 Å². The first kappa shape index (κ1) is 16.0. The summed E-state index contributed by atoms with van der Waals surface area (Å²) in [7, 11) is 0. The van der Waals surface area contributed by atoms with E-state index in [4.69, 9.17) is 5.11 Å². The second kappa shape index (κ2) is 7.08. The zero-order valence-electron chi connectivity index (χ0n) is 13.1. The highest BCUT2D eigenvalue weighted by Gasteiger charge is 2.31. The predicted octanol–water partition coefficient (Wildman–Crippen LogP) is 3.63. The molecule has 1 aromatic rings. The van der Waals surface area contributed by atoms with Crippen molar-refractivity contribution in [2.24, 2.45) is 5.41 Å². The molecular weight excluding hydrogens is 262 g/mol. The molecule has 2 rings (SSSR count). The molecule has 116 valence electrons. The van der Waals surface area contributed by atoms with Crippen molar-refractivity contribution in [3.63, 3.8) is 0 Å². The third-order valence-electron chi connectivity index (χ3n) is 4.47. The number of rotatable bonds is 7. The fourth-order valence-corrected chi connectivity index (χ4v) is 3.35. The van der Waals surface area contributed by atoms with E-state index in [-0.39, 0.29) is 12.5 Å². The average Bonchev–Trinajstić information content (AvgIpc) is 2.76. The maximum absolute atomic E-state index is 10.9. The first-order chi connectivity index (χ1) is 9.94. The van der Waals surface area contributed by atoms with Crippen LogP contribution in [0.3, 0.4) is 0 Å². The number of hydrogen-bond donors (Lipinski definition) is 2. The van der Waals surface area contributed by atoms with Crippen LogP contribution in [0.2, 0.25) is 0 Å². The van der Waals surface area contributed by atoms with Crippen molar-refractivity contribution in [2.75, 3.05) is 0 Å². The van der Waals surface area contributed by atoms with Gasteiger partial charge in [0, 0.05) is 18.5 Å². The zero-order chi connectivity index (χ0) is 15.3. The van der Waals surface area contributed by atoms with Crippen molar-refractivity contribution in [3.05, 3.63) is 35.9 Å². The minimum absolute atomic E-state index is 0.237. The number of carboxylic acid groups (broad SMARTS) is 1. The lowest BCUT2D eigenvalue weighted by atomic mass is 9.91. The van der Waals surface area contributed by atoms with Crippen LogP contribution < -0.4 is 5.32 Å². The highest BCUT2D eigenvalue weighted by Crippen LogP contribution is 2.37. The van der Waals surface area contributed by atoms with Gasteiger partial charge in [-0.2, -0.15) is 0 Å². The van der Waals surface area contributed by atoms with Gasteiger partial charge < -0.3 is 10.4 Å². The van der Waals surface area contributed by atoms with E-state index >= 15 is 0 Å². The second-order valence-electron chi connectivity index (χ2n) is 7.09. The molecule has 0 heterocycles. The van der Waals surface area contributed by atoms with Crippen LogP contribution in [0, 0.1) is 5.41 Å². The lowest BCUT2D eigenvalue weighted by Gasteiger charge is -2.24. The van der Waals surface area contributed by atoms with Crippen molar-refractivity contribution >= 4 is 5.97 Å². The van der Waals surface area contributed by atoms with Gasteiger partial charge in [0.1, 0.15) is 0 Å². The number of hydrogen-bond acceptors (Lipinski definition) is 2. The largest absolute Gasteiger partial charge is 0.481 e. The van der Waals surface area contributed by atoms with E-state index in [1.54, 1.807) is 0 Å². The number of benzene rings is 1. The highest BCUT2D eigenvalue weighted by atomic mass is 16.4. The van der Waals surface area contributed by atoms with Crippen LogP contribution in [-0.4, -0.2) is 23.2 Å². The number of carbonyl (C=O) groups is 1. The lowest BCUT2D eigenvalue weighted by molar-refractivity contribution is -0.137. The van der Waals surface area contributed by atoms with Crippen LogP contribution >= 0.6 is 0 Å². The molecule has 2 N–H and O–H groups in total. The molecule has 0 aliphatic heterocycles. The van der Waals surface area contributed by atoms with Crippen LogP contribution in [-0.2, 0) is 11.2 Å². The maximum Gasteiger partial charge on any atom is 0.303 e. The fraction of sp³-hybridized carbons (Fsp3) is 0.611. The zero-order valence-corrected chi connectivity index (χ0v) is 13.1. The molecule has 21 heavy (non-hydrogen) atoms. The number of aliphatic carboxylic acids is 1. The molecule has 1 saturated carbocycles. The van der Waals surface area contributed by atoms with Crippen molar-refractivity contribution in [1.29, 1.82) is 0 Å². The fourth-order valence-electron chi connectivity index (χ4n) is 3.35. The summed E-state index contributed by atoms with van der Waals surface area (Å²) >= 11 is 0. The first-order valence-corrected chi connectivity index (χ1v) is 7.96. The molecule has 2 atom stereocenters. The Hall–Kier alpha value is -1.35. The van der Waals surface area contributed by atoms with Gasteiger partial charge in [0.25, 0.3) is 0 Å². The molecule has 0 aromatic heterocycles. The minimum Gasteiger partial charge on any atom is -0.481 e. The lowest BCUT2D eigenvalue weighted by Crippen LogP contribution is -2.39. The van der Waals surface area contributed by atoms with Crippen LogP contribution in [0.15, 0.2) is 30.3 Å². The molecule has 3 heteroatoms. The Bertz CT molecular complexity index is 456. The number of nitrogens with one attached hydrogen (secondary N) is 1. The molecule has 1 fully saturated rings. The Morgan fingerprint density at radius 2 is 2.10 bits per heavy atom. The third-order valence-corrected chi connectivity index (χ3v) is 4.47. The van der Waals surface area contributed by atoms with Crippen LogP contribution in [0.25, 0.3) is 0 Å². The molecule has 0 saturated heterocycles. The summed E-state index contributed by atoms with van der Waals surface area (Å²) in [4.78, 5) is 10.9.